The maximum atomic E-state index is 12.5. The lowest BCUT2D eigenvalue weighted by Crippen LogP contribution is -2.45. The minimum atomic E-state index is -0.663. The lowest BCUT2D eigenvalue weighted by atomic mass is 10.0. The first-order chi connectivity index (χ1) is 36.5. The Labute approximate surface area is 462 Å². The second-order valence-corrected chi connectivity index (χ2v) is 23.1. The molecule has 0 bridgehead atoms. The van der Waals surface area contributed by atoms with Crippen LogP contribution in [-0.2, 0) is 14.3 Å². The number of hydrogen-bond acceptors (Lipinski definition) is 5. The largest absolute Gasteiger partial charge is 0.466 e. The first-order valence-corrected chi connectivity index (χ1v) is 33.6. The van der Waals surface area contributed by atoms with Crippen LogP contribution in [0.2, 0.25) is 0 Å². The maximum absolute atomic E-state index is 12.5. The predicted molar refractivity (Wildman–Crippen MR) is 324 cm³/mol. The van der Waals surface area contributed by atoms with Crippen LogP contribution in [0.25, 0.3) is 0 Å². The van der Waals surface area contributed by atoms with Crippen molar-refractivity contribution in [3.05, 3.63) is 24.3 Å². The summed E-state index contributed by atoms with van der Waals surface area (Å²) in [7, 11) is 0. The summed E-state index contributed by atoms with van der Waals surface area (Å²) in [5.74, 6) is -0.0240. The number of unbranched alkanes of at least 4 members (excludes halogenated alkanes) is 48. The summed E-state index contributed by atoms with van der Waals surface area (Å²) in [4.78, 5) is 24.5. The van der Waals surface area contributed by atoms with E-state index in [4.69, 9.17) is 4.74 Å². The summed E-state index contributed by atoms with van der Waals surface area (Å²) >= 11 is 0. The van der Waals surface area contributed by atoms with Gasteiger partial charge in [-0.2, -0.15) is 0 Å². The number of ether oxygens (including phenoxy) is 1. The Morgan fingerprint density at radius 1 is 0.365 bits per heavy atom. The molecule has 0 heterocycles. The molecule has 2 atom stereocenters. The molecule has 0 saturated heterocycles. The van der Waals surface area contributed by atoms with E-state index in [1.165, 1.54) is 295 Å². The molecule has 0 rings (SSSR count). The second kappa shape index (κ2) is 63.9. The molecule has 0 aliphatic carbocycles. The molecule has 0 saturated carbocycles. The van der Waals surface area contributed by atoms with Crippen LogP contribution in [0.3, 0.4) is 0 Å². The highest BCUT2D eigenvalue weighted by molar-refractivity contribution is 5.76. The van der Waals surface area contributed by atoms with Gasteiger partial charge in [0, 0.05) is 12.8 Å². The van der Waals surface area contributed by atoms with Crippen LogP contribution in [-0.4, -0.2) is 47.4 Å². The molecule has 0 aliphatic rings. The van der Waals surface area contributed by atoms with Crippen LogP contribution in [0.1, 0.15) is 373 Å². The Bertz CT molecular complexity index is 1150. The molecule has 0 aromatic carbocycles. The molecule has 0 radical (unpaired) electrons. The van der Waals surface area contributed by atoms with Crippen LogP contribution < -0.4 is 5.32 Å². The first-order valence-electron chi connectivity index (χ1n) is 33.6. The zero-order valence-corrected chi connectivity index (χ0v) is 50.1. The minimum Gasteiger partial charge on any atom is -0.466 e. The maximum Gasteiger partial charge on any atom is 0.305 e. The Balaban J connectivity index is 3.36. The fourth-order valence-electron chi connectivity index (χ4n) is 10.6. The third-order valence-corrected chi connectivity index (χ3v) is 15.7. The Morgan fingerprint density at radius 2 is 0.635 bits per heavy atom. The number of hydrogen-bond donors (Lipinski definition) is 3. The smallest absolute Gasteiger partial charge is 0.305 e. The van der Waals surface area contributed by atoms with Crippen molar-refractivity contribution < 1.29 is 24.5 Å². The highest BCUT2D eigenvalue weighted by atomic mass is 16.5. The first kappa shape index (κ1) is 72.3. The van der Waals surface area contributed by atoms with E-state index in [1.54, 1.807) is 0 Å². The molecule has 74 heavy (non-hydrogen) atoms. The molecule has 0 spiro atoms. The number of nitrogens with one attached hydrogen (secondary N) is 1. The van der Waals surface area contributed by atoms with Crippen molar-refractivity contribution in [3.63, 3.8) is 0 Å². The molecular weight excluding hydrogens is 911 g/mol. The molecular formula is C68H131NO5. The van der Waals surface area contributed by atoms with Crippen molar-refractivity contribution in [1.82, 2.24) is 5.32 Å². The number of amides is 1. The molecule has 2 unspecified atom stereocenters. The highest BCUT2D eigenvalue weighted by Crippen LogP contribution is 2.18. The summed E-state index contributed by atoms with van der Waals surface area (Å²) in [6, 6.07) is -0.540. The lowest BCUT2D eigenvalue weighted by molar-refractivity contribution is -0.143. The minimum absolute atomic E-state index is 0.00764. The van der Waals surface area contributed by atoms with Gasteiger partial charge in [-0.3, -0.25) is 9.59 Å². The molecule has 6 heteroatoms. The van der Waals surface area contributed by atoms with Crippen LogP contribution in [0.5, 0.6) is 0 Å². The molecule has 0 aromatic rings. The van der Waals surface area contributed by atoms with Gasteiger partial charge in [-0.15, -0.1) is 0 Å². The number of carbonyl (C=O) groups is 2. The summed E-state index contributed by atoms with van der Waals surface area (Å²) in [6.45, 7) is 4.96. The van der Waals surface area contributed by atoms with Crippen LogP contribution in [0, 0.1) is 0 Å². The fourth-order valence-corrected chi connectivity index (χ4v) is 10.6. The SMILES string of the molecule is CCCCCC/C=C\CCCCCCCC(=O)OCCCCCCCCCCCCCC/C=C\CCCCCCCCCCCCCCCC(=O)NC(CO)C(O)CCCCCCCCCCCCCCCCC. The van der Waals surface area contributed by atoms with E-state index in [0.29, 0.717) is 25.9 Å². The zero-order valence-electron chi connectivity index (χ0n) is 50.1. The van der Waals surface area contributed by atoms with Gasteiger partial charge in [0.2, 0.25) is 5.91 Å². The van der Waals surface area contributed by atoms with E-state index >= 15 is 0 Å². The quantitative estimate of drug-likeness (QED) is 0.0320. The molecule has 3 N–H and O–H groups in total. The van der Waals surface area contributed by atoms with E-state index in [9.17, 15) is 19.8 Å². The summed E-state index contributed by atoms with van der Waals surface area (Å²) in [5, 5.41) is 23.3. The Hall–Kier alpha value is -1.66. The summed E-state index contributed by atoms with van der Waals surface area (Å²) in [6.07, 6.45) is 79.3. The standard InChI is InChI=1S/C68H131NO5/c1-3-5-7-9-11-13-15-17-33-37-40-44-48-52-56-60-66(71)65(64-70)69-67(72)61-57-53-49-45-41-38-34-31-29-27-25-23-21-19-18-20-22-24-26-28-30-32-35-39-43-47-51-55-59-63-74-68(73)62-58-54-50-46-42-36-16-14-12-10-8-6-4-2/h14,16,18,20,65-66,70-71H,3-13,15,17,19,21-64H2,1-2H3,(H,69,72)/b16-14-,20-18-. The van der Waals surface area contributed by atoms with E-state index in [1.807, 2.05) is 0 Å². The summed E-state index contributed by atoms with van der Waals surface area (Å²) < 4.78 is 5.48. The zero-order chi connectivity index (χ0) is 53.6. The molecule has 1 amide bonds. The topological polar surface area (TPSA) is 95.9 Å². The van der Waals surface area contributed by atoms with Crippen molar-refractivity contribution in [2.45, 2.75) is 386 Å². The third-order valence-electron chi connectivity index (χ3n) is 15.7. The van der Waals surface area contributed by atoms with Gasteiger partial charge in [0.1, 0.15) is 0 Å². The van der Waals surface area contributed by atoms with Crippen molar-refractivity contribution in [2.75, 3.05) is 13.2 Å². The van der Waals surface area contributed by atoms with E-state index in [2.05, 4.69) is 43.5 Å². The van der Waals surface area contributed by atoms with Crippen LogP contribution in [0.4, 0.5) is 0 Å². The number of allylic oxidation sites excluding steroid dienone is 4. The fraction of sp³-hybridized carbons (Fsp3) is 0.912. The number of rotatable bonds is 63. The van der Waals surface area contributed by atoms with Gasteiger partial charge in [-0.1, -0.05) is 308 Å². The monoisotopic (exact) mass is 1040 g/mol. The van der Waals surface area contributed by atoms with Gasteiger partial charge >= 0.3 is 5.97 Å². The van der Waals surface area contributed by atoms with E-state index < -0.39 is 12.1 Å². The second-order valence-electron chi connectivity index (χ2n) is 23.1. The third kappa shape index (κ3) is 59.6. The average Bonchev–Trinajstić information content (AvgIpc) is 3.40. The van der Waals surface area contributed by atoms with Gasteiger partial charge in [-0.05, 0) is 77.0 Å². The highest BCUT2D eigenvalue weighted by Gasteiger charge is 2.20. The molecule has 0 aliphatic heterocycles. The molecule has 438 valence electrons. The number of esters is 1. The Morgan fingerprint density at radius 3 is 0.973 bits per heavy atom. The molecule has 0 aromatic heterocycles. The van der Waals surface area contributed by atoms with E-state index in [0.717, 1.165) is 44.9 Å². The number of aliphatic hydroxyl groups is 2. The Kier molecular flexibility index (Phi) is 62.4. The molecule has 0 fully saturated rings. The predicted octanol–water partition coefficient (Wildman–Crippen LogP) is 21.4. The normalized spacial score (nSPS) is 12.6. The van der Waals surface area contributed by atoms with Gasteiger partial charge in [-0.25, -0.2) is 0 Å². The van der Waals surface area contributed by atoms with Crippen LogP contribution >= 0.6 is 0 Å². The van der Waals surface area contributed by atoms with Gasteiger partial charge in [0.15, 0.2) is 0 Å². The summed E-state index contributed by atoms with van der Waals surface area (Å²) in [5.41, 5.74) is 0. The number of carbonyl (C=O) groups excluding carboxylic acids is 2. The van der Waals surface area contributed by atoms with Crippen LogP contribution in [0.15, 0.2) is 24.3 Å². The van der Waals surface area contributed by atoms with Crippen molar-refractivity contribution in [3.8, 4) is 0 Å². The molecule has 6 nitrogen and oxygen atoms in total. The van der Waals surface area contributed by atoms with Gasteiger partial charge in [0.05, 0.1) is 25.4 Å². The van der Waals surface area contributed by atoms with E-state index in [-0.39, 0.29) is 18.5 Å². The van der Waals surface area contributed by atoms with Crippen molar-refractivity contribution >= 4 is 11.9 Å². The lowest BCUT2D eigenvalue weighted by Gasteiger charge is -2.22. The number of aliphatic hydroxyl groups excluding tert-OH is 2. The van der Waals surface area contributed by atoms with Crippen molar-refractivity contribution in [1.29, 1.82) is 0 Å². The van der Waals surface area contributed by atoms with Gasteiger partial charge in [0.25, 0.3) is 0 Å². The van der Waals surface area contributed by atoms with Crippen molar-refractivity contribution in [2.24, 2.45) is 0 Å². The van der Waals surface area contributed by atoms with Gasteiger partial charge < -0.3 is 20.3 Å². The average molecular weight is 1040 g/mol.